The second-order valence-corrected chi connectivity index (χ2v) is 5.36. The van der Waals surface area contributed by atoms with Gasteiger partial charge >= 0.3 is 0 Å². The summed E-state index contributed by atoms with van der Waals surface area (Å²) in [5, 5.41) is 15.2. The molecule has 0 atom stereocenters. The highest BCUT2D eigenvalue weighted by atomic mass is 16.5. The summed E-state index contributed by atoms with van der Waals surface area (Å²) in [6.07, 6.45) is 5.39. The third kappa shape index (κ3) is 2.56. The zero-order chi connectivity index (χ0) is 13.9. The lowest BCUT2D eigenvalue weighted by Crippen LogP contribution is -2.28. The molecule has 1 aliphatic rings. The van der Waals surface area contributed by atoms with E-state index >= 15 is 0 Å². The Morgan fingerprint density at radius 3 is 2.70 bits per heavy atom. The summed E-state index contributed by atoms with van der Waals surface area (Å²) in [5.74, 6) is 1.77. The van der Waals surface area contributed by atoms with Crippen molar-refractivity contribution in [2.75, 3.05) is 12.4 Å². The summed E-state index contributed by atoms with van der Waals surface area (Å²) >= 11 is 0. The summed E-state index contributed by atoms with van der Waals surface area (Å²) in [5.41, 5.74) is 0. The highest BCUT2D eigenvalue weighted by molar-refractivity contribution is 5.95. The summed E-state index contributed by atoms with van der Waals surface area (Å²) in [6, 6.07) is 8.37. The van der Waals surface area contributed by atoms with Gasteiger partial charge in [-0.15, -0.1) is 0 Å². The molecular formula is C16H20N2O2. The van der Waals surface area contributed by atoms with Crippen LogP contribution in [0.2, 0.25) is 0 Å². The average molecular weight is 272 g/mol. The van der Waals surface area contributed by atoms with Gasteiger partial charge in [-0.1, -0.05) is 12.1 Å². The van der Waals surface area contributed by atoms with E-state index in [1.165, 1.54) is 0 Å². The number of aromatic nitrogens is 1. The zero-order valence-corrected chi connectivity index (χ0v) is 11.7. The number of aliphatic hydroxyl groups is 1. The van der Waals surface area contributed by atoms with E-state index in [0.29, 0.717) is 6.04 Å². The highest BCUT2D eigenvalue weighted by Gasteiger charge is 2.20. The zero-order valence-electron chi connectivity index (χ0n) is 11.7. The Labute approximate surface area is 118 Å². The third-order valence-electron chi connectivity index (χ3n) is 4.02. The highest BCUT2D eigenvalue weighted by Crippen LogP contribution is 2.30. The second-order valence-electron chi connectivity index (χ2n) is 5.36. The fourth-order valence-corrected chi connectivity index (χ4v) is 2.88. The van der Waals surface area contributed by atoms with Crippen molar-refractivity contribution in [1.82, 2.24) is 4.98 Å². The maximum atomic E-state index is 9.57. The van der Waals surface area contributed by atoms with Gasteiger partial charge in [-0.2, -0.15) is 0 Å². The van der Waals surface area contributed by atoms with E-state index < -0.39 is 0 Å². The van der Waals surface area contributed by atoms with Crippen LogP contribution in [-0.4, -0.2) is 29.3 Å². The van der Waals surface area contributed by atoms with Crippen LogP contribution in [0, 0.1) is 0 Å². The van der Waals surface area contributed by atoms with Crippen LogP contribution in [0.25, 0.3) is 10.8 Å². The van der Waals surface area contributed by atoms with E-state index in [1.807, 2.05) is 24.4 Å². The van der Waals surface area contributed by atoms with E-state index in [1.54, 1.807) is 7.11 Å². The van der Waals surface area contributed by atoms with E-state index in [2.05, 4.69) is 16.4 Å². The van der Waals surface area contributed by atoms with Crippen LogP contribution < -0.4 is 10.1 Å². The standard InChI is InChI=1S/C16H20N2O2/c1-20-15-4-2-3-14-13(15)9-10-17-16(14)18-11-5-7-12(19)8-6-11/h2-4,9-12,19H,5-8H2,1H3,(H,17,18). The molecule has 0 amide bonds. The number of rotatable bonds is 3. The van der Waals surface area contributed by atoms with Gasteiger partial charge < -0.3 is 15.2 Å². The van der Waals surface area contributed by atoms with Gasteiger partial charge in [0.25, 0.3) is 0 Å². The largest absolute Gasteiger partial charge is 0.496 e. The SMILES string of the molecule is COc1cccc2c(NC3CCC(O)CC3)nccc12. The van der Waals surface area contributed by atoms with E-state index in [0.717, 1.165) is 48.0 Å². The van der Waals surface area contributed by atoms with Crippen LogP contribution in [0.3, 0.4) is 0 Å². The van der Waals surface area contributed by atoms with Crippen molar-refractivity contribution < 1.29 is 9.84 Å². The number of ether oxygens (including phenoxy) is 1. The van der Waals surface area contributed by atoms with E-state index in [9.17, 15) is 5.11 Å². The van der Waals surface area contributed by atoms with Crippen molar-refractivity contribution >= 4 is 16.6 Å². The maximum absolute atomic E-state index is 9.57. The van der Waals surface area contributed by atoms with Gasteiger partial charge in [-0.3, -0.25) is 0 Å². The van der Waals surface area contributed by atoms with Gasteiger partial charge in [0.05, 0.1) is 13.2 Å². The molecule has 1 fully saturated rings. The van der Waals surface area contributed by atoms with Crippen LogP contribution in [-0.2, 0) is 0 Å². The average Bonchev–Trinajstić information content (AvgIpc) is 2.49. The summed E-state index contributed by atoms with van der Waals surface area (Å²) in [7, 11) is 1.69. The normalized spacial score (nSPS) is 22.7. The fourth-order valence-electron chi connectivity index (χ4n) is 2.88. The number of methoxy groups -OCH3 is 1. The monoisotopic (exact) mass is 272 g/mol. The molecule has 1 heterocycles. The molecule has 1 saturated carbocycles. The Morgan fingerprint density at radius 2 is 1.95 bits per heavy atom. The Balaban J connectivity index is 1.88. The minimum atomic E-state index is -0.131. The van der Waals surface area contributed by atoms with Gasteiger partial charge in [0, 0.05) is 23.0 Å². The molecular weight excluding hydrogens is 252 g/mol. The number of aliphatic hydroxyl groups excluding tert-OH is 1. The number of hydrogen-bond donors (Lipinski definition) is 2. The van der Waals surface area contributed by atoms with Gasteiger partial charge in [0.1, 0.15) is 11.6 Å². The van der Waals surface area contributed by atoms with E-state index in [4.69, 9.17) is 4.74 Å². The molecule has 20 heavy (non-hydrogen) atoms. The van der Waals surface area contributed by atoms with Crippen LogP contribution in [0.1, 0.15) is 25.7 Å². The molecule has 2 aromatic rings. The molecule has 0 aliphatic heterocycles. The molecule has 1 aromatic heterocycles. The Bertz CT molecular complexity index is 592. The molecule has 106 valence electrons. The van der Waals surface area contributed by atoms with Crippen molar-refractivity contribution in [1.29, 1.82) is 0 Å². The lowest BCUT2D eigenvalue weighted by Gasteiger charge is -2.27. The molecule has 2 N–H and O–H groups in total. The van der Waals surface area contributed by atoms with Crippen molar-refractivity contribution in [3.8, 4) is 5.75 Å². The van der Waals surface area contributed by atoms with Gasteiger partial charge in [-0.05, 0) is 37.8 Å². The fraction of sp³-hybridized carbons (Fsp3) is 0.438. The lowest BCUT2D eigenvalue weighted by atomic mass is 9.93. The summed E-state index contributed by atoms with van der Waals surface area (Å²) in [6.45, 7) is 0. The first-order chi connectivity index (χ1) is 9.78. The van der Waals surface area contributed by atoms with Gasteiger partial charge in [-0.25, -0.2) is 4.98 Å². The molecule has 1 aromatic carbocycles. The Morgan fingerprint density at radius 1 is 1.15 bits per heavy atom. The Kier molecular flexibility index (Phi) is 3.74. The molecule has 0 bridgehead atoms. The number of pyridine rings is 1. The first-order valence-electron chi connectivity index (χ1n) is 7.14. The van der Waals surface area contributed by atoms with Crippen molar-refractivity contribution in [3.05, 3.63) is 30.5 Å². The lowest BCUT2D eigenvalue weighted by molar-refractivity contribution is 0.126. The molecule has 0 spiro atoms. The van der Waals surface area contributed by atoms with Crippen LogP contribution >= 0.6 is 0 Å². The number of nitrogens with zero attached hydrogens (tertiary/aromatic N) is 1. The second kappa shape index (κ2) is 5.67. The molecule has 1 aliphatic carbocycles. The molecule has 0 saturated heterocycles. The molecule has 0 unspecified atom stereocenters. The van der Waals surface area contributed by atoms with Crippen molar-refractivity contribution in [2.45, 2.75) is 37.8 Å². The van der Waals surface area contributed by atoms with Crippen LogP contribution in [0.15, 0.2) is 30.5 Å². The number of benzene rings is 1. The number of nitrogens with one attached hydrogen (secondary N) is 1. The topological polar surface area (TPSA) is 54.4 Å². The molecule has 3 rings (SSSR count). The number of anilines is 1. The number of hydrogen-bond acceptors (Lipinski definition) is 4. The van der Waals surface area contributed by atoms with Crippen molar-refractivity contribution in [2.24, 2.45) is 0 Å². The molecule has 4 nitrogen and oxygen atoms in total. The predicted molar refractivity (Wildman–Crippen MR) is 80.2 cm³/mol. The summed E-state index contributed by atoms with van der Waals surface area (Å²) in [4.78, 5) is 4.47. The first-order valence-corrected chi connectivity index (χ1v) is 7.14. The smallest absolute Gasteiger partial charge is 0.134 e. The van der Waals surface area contributed by atoms with Gasteiger partial charge in [0.2, 0.25) is 0 Å². The minimum Gasteiger partial charge on any atom is -0.496 e. The minimum absolute atomic E-state index is 0.131. The first kappa shape index (κ1) is 13.2. The third-order valence-corrected chi connectivity index (χ3v) is 4.02. The van der Waals surface area contributed by atoms with Crippen molar-refractivity contribution in [3.63, 3.8) is 0 Å². The Hall–Kier alpha value is -1.81. The molecule has 4 heteroatoms. The quantitative estimate of drug-likeness (QED) is 0.902. The van der Waals surface area contributed by atoms with E-state index in [-0.39, 0.29) is 6.10 Å². The van der Waals surface area contributed by atoms with Crippen LogP contribution in [0.5, 0.6) is 5.75 Å². The van der Waals surface area contributed by atoms with Gasteiger partial charge in [0.15, 0.2) is 0 Å². The van der Waals surface area contributed by atoms with Crippen LogP contribution in [0.4, 0.5) is 5.82 Å². The maximum Gasteiger partial charge on any atom is 0.134 e. The summed E-state index contributed by atoms with van der Waals surface area (Å²) < 4.78 is 5.40. The predicted octanol–water partition coefficient (Wildman–Crippen LogP) is 2.96. The number of fused-ring (bicyclic) bond motifs is 1. The molecule has 0 radical (unpaired) electrons.